The molecule has 0 aliphatic rings. The number of benzene rings is 1. The van der Waals surface area contributed by atoms with E-state index in [9.17, 15) is 13.2 Å². The van der Waals surface area contributed by atoms with E-state index in [2.05, 4.69) is 5.32 Å². The van der Waals surface area contributed by atoms with E-state index in [1.54, 1.807) is 12.1 Å². The molecule has 0 bridgehead atoms. The summed E-state index contributed by atoms with van der Waals surface area (Å²) in [5.41, 5.74) is -0.157. The number of hydrogen-bond acceptors (Lipinski definition) is 3. The van der Waals surface area contributed by atoms with Crippen molar-refractivity contribution >= 4 is 5.69 Å². The molecule has 0 amide bonds. The summed E-state index contributed by atoms with van der Waals surface area (Å²) in [6.45, 7) is -0.137. The van der Waals surface area contributed by atoms with Crippen LogP contribution in [0.5, 0.6) is 0 Å². The molecule has 0 radical (unpaired) electrons. The number of hydrogen-bond donors (Lipinski definition) is 2. The quantitative estimate of drug-likeness (QED) is 0.828. The topological polar surface area (TPSA) is 45.4 Å². The van der Waals surface area contributed by atoms with Gasteiger partial charge in [0, 0.05) is 0 Å². The van der Waals surface area contributed by atoms with Gasteiger partial charge in [-0.25, -0.2) is 13.2 Å². The molecule has 0 saturated heterocycles. The van der Waals surface area contributed by atoms with Gasteiger partial charge in [-0.1, -0.05) is 0 Å². The Morgan fingerprint density at radius 3 is 2.39 bits per heavy atom. The molecule has 0 atom stereocenters. The molecule has 0 fully saturated rings. The van der Waals surface area contributed by atoms with Crippen LogP contribution in [0.3, 0.4) is 0 Å². The number of halogens is 3. The van der Waals surface area contributed by atoms with Crippen LogP contribution in [-0.4, -0.2) is 5.11 Å². The first kappa shape index (κ1) is 12.5. The zero-order chi connectivity index (χ0) is 13.1. The monoisotopic (exact) mass is 257 g/mol. The zero-order valence-electron chi connectivity index (χ0n) is 9.21. The minimum atomic E-state index is -1.52. The number of furan rings is 1. The van der Waals surface area contributed by atoms with Crippen LogP contribution in [0.25, 0.3) is 0 Å². The number of aliphatic hydroxyl groups excluding tert-OH is 1. The molecule has 6 heteroatoms. The molecule has 2 N–H and O–H groups in total. The molecule has 2 aromatic rings. The molecule has 1 aromatic heterocycles. The van der Waals surface area contributed by atoms with Crippen molar-refractivity contribution in [2.45, 2.75) is 13.2 Å². The Morgan fingerprint density at radius 1 is 1.00 bits per heavy atom. The molecule has 0 spiro atoms. The maximum Gasteiger partial charge on any atom is 0.196 e. The van der Waals surface area contributed by atoms with E-state index < -0.39 is 17.5 Å². The predicted molar refractivity (Wildman–Crippen MR) is 58.3 cm³/mol. The Labute approximate surface area is 101 Å². The Hall–Kier alpha value is -1.95. The van der Waals surface area contributed by atoms with E-state index in [-0.39, 0.29) is 18.8 Å². The van der Waals surface area contributed by atoms with Crippen molar-refractivity contribution in [3.8, 4) is 0 Å². The van der Waals surface area contributed by atoms with Crippen LogP contribution >= 0.6 is 0 Å². The van der Waals surface area contributed by atoms with E-state index in [0.29, 0.717) is 11.5 Å². The Balaban J connectivity index is 2.08. The van der Waals surface area contributed by atoms with Crippen LogP contribution in [0.15, 0.2) is 28.7 Å². The lowest BCUT2D eigenvalue weighted by Gasteiger charge is -2.06. The van der Waals surface area contributed by atoms with Gasteiger partial charge in [0.25, 0.3) is 0 Å². The fraction of sp³-hybridized carbons (Fsp3) is 0.167. The van der Waals surface area contributed by atoms with Crippen molar-refractivity contribution in [1.29, 1.82) is 0 Å². The van der Waals surface area contributed by atoms with Crippen molar-refractivity contribution < 1.29 is 22.7 Å². The van der Waals surface area contributed by atoms with Crippen molar-refractivity contribution in [2.75, 3.05) is 5.32 Å². The zero-order valence-corrected chi connectivity index (χ0v) is 9.21. The summed E-state index contributed by atoms with van der Waals surface area (Å²) in [6.07, 6.45) is 0. The van der Waals surface area contributed by atoms with E-state index in [4.69, 9.17) is 9.52 Å². The van der Waals surface area contributed by atoms with Gasteiger partial charge in [-0.2, -0.15) is 0 Å². The van der Waals surface area contributed by atoms with Gasteiger partial charge >= 0.3 is 0 Å². The van der Waals surface area contributed by atoms with Gasteiger partial charge in [0.05, 0.1) is 12.2 Å². The van der Waals surface area contributed by atoms with Crippen molar-refractivity contribution in [2.24, 2.45) is 0 Å². The molecule has 3 nitrogen and oxygen atoms in total. The first-order valence-corrected chi connectivity index (χ1v) is 5.17. The van der Waals surface area contributed by atoms with E-state index in [1.807, 2.05) is 0 Å². The minimum absolute atomic E-state index is 0.0992. The number of anilines is 1. The molecule has 0 unspecified atom stereocenters. The van der Waals surface area contributed by atoms with E-state index in [0.717, 1.165) is 12.1 Å². The Bertz CT molecular complexity index is 554. The predicted octanol–water partition coefficient (Wildman–Crippen LogP) is 2.80. The highest BCUT2D eigenvalue weighted by Gasteiger charge is 2.13. The van der Waals surface area contributed by atoms with Crippen molar-refractivity contribution in [3.05, 3.63) is 53.2 Å². The maximum absolute atomic E-state index is 13.3. The Kier molecular flexibility index (Phi) is 3.57. The number of aliphatic hydroxyl groups is 1. The highest BCUT2D eigenvalue weighted by atomic mass is 19.2. The van der Waals surface area contributed by atoms with Gasteiger partial charge < -0.3 is 14.8 Å². The third-order valence-electron chi connectivity index (χ3n) is 2.36. The highest BCUT2D eigenvalue weighted by molar-refractivity contribution is 5.45. The molecule has 96 valence electrons. The summed E-state index contributed by atoms with van der Waals surface area (Å²) in [5.74, 6) is -3.21. The lowest BCUT2D eigenvalue weighted by Crippen LogP contribution is -2.03. The fourth-order valence-corrected chi connectivity index (χ4v) is 1.45. The largest absolute Gasteiger partial charge is 0.462 e. The summed E-state index contributed by atoms with van der Waals surface area (Å²) in [4.78, 5) is 0. The second-order valence-corrected chi connectivity index (χ2v) is 3.60. The van der Waals surface area contributed by atoms with Gasteiger partial charge in [0.1, 0.15) is 18.1 Å². The van der Waals surface area contributed by atoms with Crippen molar-refractivity contribution in [3.63, 3.8) is 0 Å². The van der Waals surface area contributed by atoms with Crippen LogP contribution in [0.1, 0.15) is 11.5 Å². The lowest BCUT2D eigenvalue weighted by atomic mass is 10.2. The SMILES string of the molecule is OCc1ccc(CNc2ccc(F)c(F)c2F)o1. The van der Waals surface area contributed by atoms with Crippen LogP contribution < -0.4 is 5.32 Å². The summed E-state index contributed by atoms with van der Waals surface area (Å²) in [7, 11) is 0. The molecule has 1 heterocycles. The van der Waals surface area contributed by atoms with Gasteiger partial charge in [0.15, 0.2) is 17.5 Å². The van der Waals surface area contributed by atoms with E-state index in [1.165, 1.54) is 0 Å². The van der Waals surface area contributed by atoms with Gasteiger partial charge in [-0.15, -0.1) is 0 Å². The fourth-order valence-electron chi connectivity index (χ4n) is 1.45. The second-order valence-electron chi connectivity index (χ2n) is 3.60. The highest BCUT2D eigenvalue weighted by Crippen LogP contribution is 2.20. The summed E-state index contributed by atoms with van der Waals surface area (Å²) in [6, 6.07) is 5.10. The molecular weight excluding hydrogens is 247 g/mol. The van der Waals surface area contributed by atoms with Gasteiger partial charge in [-0.05, 0) is 24.3 Å². The average molecular weight is 257 g/mol. The van der Waals surface area contributed by atoms with Crippen molar-refractivity contribution in [1.82, 2.24) is 0 Å². The van der Waals surface area contributed by atoms with Gasteiger partial charge in [0.2, 0.25) is 0 Å². The van der Waals surface area contributed by atoms with Crippen LogP contribution in [0.4, 0.5) is 18.9 Å². The smallest absolute Gasteiger partial charge is 0.196 e. The van der Waals surface area contributed by atoms with Crippen LogP contribution in [-0.2, 0) is 13.2 Å². The first-order valence-electron chi connectivity index (χ1n) is 5.17. The summed E-state index contributed by atoms with van der Waals surface area (Å²) < 4.78 is 44.0. The first-order chi connectivity index (χ1) is 8.61. The Morgan fingerprint density at radius 2 is 1.72 bits per heavy atom. The molecule has 2 rings (SSSR count). The standard InChI is InChI=1S/C12H10F3NO2/c13-9-3-4-10(12(15)11(9)14)16-5-7-1-2-8(6-17)18-7/h1-4,16-17H,5-6H2. The minimum Gasteiger partial charge on any atom is -0.462 e. The molecule has 0 aliphatic heterocycles. The molecule has 0 saturated carbocycles. The maximum atomic E-state index is 13.3. The molecule has 0 aliphatic carbocycles. The molecule has 18 heavy (non-hydrogen) atoms. The number of rotatable bonds is 4. The van der Waals surface area contributed by atoms with Crippen LogP contribution in [0.2, 0.25) is 0 Å². The number of nitrogens with one attached hydrogen (secondary N) is 1. The van der Waals surface area contributed by atoms with Gasteiger partial charge in [-0.3, -0.25) is 0 Å². The lowest BCUT2D eigenvalue weighted by molar-refractivity contribution is 0.244. The van der Waals surface area contributed by atoms with Crippen LogP contribution in [0, 0.1) is 17.5 Å². The summed E-state index contributed by atoms with van der Waals surface area (Å²) >= 11 is 0. The molecule has 1 aromatic carbocycles. The summed E-state index contributed by atoms with van der Waals surface area (Å²) in [5, 5.41) is 11.4. The third-order valence-corrected chi connectivity index (χ3v) is 2.36. The normalized spacial score (nSPS) is 10.7. The second kappa shape index (κ2) is 5.14. The molecular formula is C12H10F3NO2. The third kappa shape index (κ3) is 2.48. The van der Waals surface area contributed by atoms with E-state index >= 15 is 0 Å². The average Bonchev–Trinajstić information content (AvgIpc) is 2.83.